The summed E-state index contributed by atoms with van der Waals surface area (Å²) in [4.78, 5) is 64.4. The summed E-state index contributed by atoms with van der Waals surface area (Å²) < 4.78 is 183. The third-order valence-corrected chi connectivity index (χ3v) is 8.66. The van der Waals surface area contributed by atoms with Crippen molar-refractivity contribution in [3.05, 3.63) is 10.4 Å². The molecule has 0 bridgehead atoms. The Hall–Kier alpha value is -4.03. The summed E-state index contributed by atoms with van der Waals surface area (Å²) in [5.74, 6) is -3.98. The molecule has 0 spiro atoms. The van der Waals surface area contributed by atoms with Crippen LogP contribution < -0.4 is 10.6 Å². The maximum Gasteiger partial charge on any atom is 0.421 e. The van der Waals surface area contributed by atoms with Crippen molar-refractivity contribution in [2.45, 2.75) is 102 Å². The summed E-state index contributed by atoms with van der Waals surface area (Å²) in [6.07, 6.45) is -31.2. The minimum Gasteiger partial charge on any atom is -0.379 e. The average molecular weight is 1030 g/mol. The summed E-state index contributed by atoms with van der Waals surface area (Å²) in [6.45, 7) is -0.0894. The number of rotatable bonds is 43. The smallest absolute Gasteiger partial charge is 0.379 e. The molecule has 0 aliphatic heterocycles. The van der Waals surface area contributed by atoms with Gasteiger partial charge in [-0.2, -0.15) is 48.3 Å². The van der Waals surface area contributed by atoms with Crippen LogP contribution in [0.2, 0.25) is 0 Å². The van der Waals surface area contributed by atoms with Crippen LogP contribution in [0.1, 0.15) is 64.7 Å². The van der Waals surface area contributed by atoms with Gasteiger partial charge >= 0.3 is 24.6 Å². The molecule has 0 heterocycles. The molecule has 2 N–H and O–H groups in total. The Bertz CT molecular complexity index is 1510. The van der Waals surface area contributed by atoms with Crippen LogP contribution in [0, 0.1) is 0 Å². The van der Waals surface area contributed by atoms with Gasteiger partial charge in [-0.1, -0.05) is 12.0 Å². The van der Waals surface area contributed by atoms with Gasteiger partial charge in [-0.3, -0.25) is 24.0 Å². The van der Waals surface area contributed by atoms with Crippen LogP contribution >= 0.6 is 0 Å². The van der Waals surface area contributed by atoms with Crippen molar-refractivity contribution >= 4 is 29.3 Å². The predicted molar refractivity (Wildman–Crippen MR) is 216 cm³/mol. The molecule has 402 valence electrons. The van der Waals surface area contributed by atoms with Gasteiger partial charge in [0.15, 0.2) is 11.9 Å². The van der Waals surface area contributed by atoms with Crippen LogP contribution in [0.15, 0.2) is 5.11 Å². The van der Waals surface area contributed by atoms with Crippen molar-refractivity contribution in [3.8, 4) is 0 Å². The second-order valence-corrected chi connectivity index (χ2v) is 14.4. The normalized spacial score (nSPS) is 13.1. The maximum absolute atomic E-state index is 13.4. The fourth-order valence-electron chi connectivity index (χ4n) is 5.14. The molecule has 0 saturated carbocycles. The fourth-order valence-corrected chi connectivity index (χ4v) is 5.14. The molecule has 30 heteroatoms. The molecule has 0 aromatic rings. The van der Waals surface area contributed by atoms with E-state index in [0.29, 0.717) is 0 Å². The number of halogens is 11. The summed E-state index contributed by atoms with van der Waals surface area (Å²) in [5.41, 5.74) is 8.27. The number of nitrogens with zero attached hydrogens (tertiary/aromatic N) is 4. The molecule has 3 amide bonds. The van der Waals surface area contributed by atoms with Crippen molar-refractivity contribution in [3.63, 3.8) is 0 Å². The third kappa shape index (κ3) is 37.5. The third-order valence-electron chi connectivity index (χ3n) is 8.66. The molecule has 0 aromatic heterocycles. The molecule has 19 nitrogen and oxygen atoms in total. The number of azide groups is 1. The minimum absolute atomic E-state index is 0.00421. The van der Waals surface area contributed by atoms with Crippen LogP contribution in [0.4, 0.5) is 48.3 Å². The van der Waals surface area contributed by atoms with E-state index in [1.54, 1.807) is 0 Å². The van der Waals surface area contributed by atoms with E-state index in [1.807, 2.05) is 0 Å². The number of ketones is 2. The topological polar surface area (TPSA) is 235 Å². The van der Waals surface area contributed by atoms with Crippen LogP contribution in [0.3, 0.4) is 0 Å². The van der Waals surface area contributed by atoms with Crippen molar-refractivity contribution in [1.29, 1.82) is 0 Å². The lowest BCUT2D eigenvalue weighted by Gasteiger charge is -2.27. The Labute approximate surface area is 390 Å². The largest absolute Gasteiger partial charge is 0.421 e. The molecule has 0 rings (SSSR count). The van der Waals surface area contributed by atoms with Gasteiger partial charge in [0.05, 0.1) is 92.3 Å². The molecule has 0 radical (unpaired) electrons. The Morgan fingerprint density at radius 3 is 1.52 bits per heavy atom. The quantitative estimate of drug-likeness (QED) is 0.0264. The summed E-state index contributed by atoms with van der Waals surface area (Å²) in [6, 6.07) is 0. The van der Waals surface area contributed by atoms with Gasteiger partial charge in [-0.25, -0.2) is 0 Å². The van der Waals surface area contributed by atoms with Gasteiger partial charge < -0.3 is 53.4 Å². The fraction of sp³-hybridized carbons (Fsp3) is 0.872. The van der Waals surface area contributed by atoms with Crippen LogP contribution in [-0.2, 0) is 61.9 Å². The van der Waals surface area contributed by atoms with Gasteiger partial charge in [0.25, 0.3) is 0 Å². The Morgan fingerprint density at radius 2 is 1.07 bits per heavy atom. The monoisotopic (exact) mass is 1030 g/mol. The number of hydrogen-bond acceptors (Lipinski definition) is 14. The highest BCUT2D eigenvalue weighted by Gasteiger charge is 2.50. The zero-order valence-electron chi connectivity index (χ0n) is 38.0. The van der Waals surface area contributed by atoms with Gasteiger partial charge in [0.2, 0.25) is 23.8 Å². The van der Waals surface area contributed by atoms with Gasteiger partial charge in [-0.15, -0.1) is 0 Å². The number of ether oxygens (including phenoxy) is 8. The Morgan fingerprint density at radius 1 is 0.609 bits per heavy atom. The summed E-state index contributed by atoms with van der Waals surface area (Å²) in [5, 5.41) is 8.14. The molecule has 2 unspecified atom stereocenters. The van der Waals surface area contributed by atoms with Crippen LogP contribution in [-0.4, -0.2) is 190 Å². The first-order chi connectivity index (χ1) is 32.4. The highest BCUT2D eigenvalue weighted by atomic mass is 19.4. The van der Waals surface area contributed by atoms with Crippen molar-refractivity contribution < 1.29 is 110 Å². The van der Waals surface area contributed by atoms with E-state index in [1.165, 1.54) is 4.90 Å². The standard InChI is InChI=1S/C39H61F11N6O13/c1-2-37(43,44)69-31(38(45,46)47)28-68-35(39(48,49)50)30(58)6-4-11-53-33(60)8-16-63-23-26-67-20-14-56(34(61)9-17-64-21-24-65-18-12-54-55-51)13-19-66-25-22-62-15-7-32(59)52-10-3-5-29(57)27-36(40,41)42/h31,35H,2-28H2,1H3,(H,52,59)(H,53,60). The van der Waals surface area contributed by atoms with E-state index in [9.17, 15) is 72.3 Å². The molecule has 0 aliphatic rings. The van der Waals surface area contributed by atoms with Crippen LogP contribution in [0.25, 0.3) is 10.4 Å². The predicted octanol–water partition coefficient (Wildman–Crippen LogP) is 5.18. The van der Waals surface area contributed by atoms with Crippen molar-refractivity contribution in [2.24, 2.45) is 5.11 Å². The second kappa shape index (κ2) is 36.8. The zero-order valence-corrected chi connectivity index (χ0v) is 38.0. The molecular weight excluding hydrogens is 969 g/mol. The molecule has 69 heavy (non-hydrogen) atoms. The molecule has 0 fully saturated rings. The lowest BCUT2D eigenvalue weighted by atomic mass is 10.1. The molecular formula is C39H61F11N6O13. The first kappa shape index (κ1) is 65.0. The second-order valence-electron chi connectivity index (χ2n) is 14.4. The number of carbonyl (C=O) groups is 5. The van der Waals surface area contributed by atoms with E-state index in [4.69, 9.17) is 34.0 Å². The molecule has 0 aliphatic carbocycles. The number of nitrogens with one attached hydrogen (secondary N) is 2. The number of alkyl halides is 11. The average Bonchev–Trinajstić information content (AvgIpc) is 3.25. The highest BCUT2D eigenvalue weighted by molar-refractivity contribution is 5.84. The zero-order chi connectivity index (χ0) is 52.2. The van der Waals surface area contributed by atoms with Gasteiger partial charge in [-0.05, 0) is 18.4 Å². The Kier molecular flexibility index (Phi) is 34.7. The van der Waals surface area contributed by atoms with E-state index in [0.717, 1.165) is 6.92 Å². The lowest BCUT2D eigenvalue weighted by molar-refractivity contribution is -0.338. The first-order valence-corrected chi connectivity index (χ1v) is 21.6. The van der Waals surface area contributed by atoms with E-state index in [-0.39, 0.29) is 156 Å². The number of amides is 3. The van der Waals surface area contributed by atoms with Crippen molar-refractivity contribution in [1.82, 2.24) is 15.5 Å². The van der Waals surface area contributed by atoms with Gasteiger partial charge in [0.1, 0.15) is 12.2 Å². The molecule has 2 atom stereocenters. The number of hydrogen-bond donors (Lipinski definition) is 2. The summed E-state index contributed by atoms with van der Waals surface area (Å²) in [7, 11) is 0. The van der Waals surface area contributed by atoms with Crippen molar-refractivity contribution in [2.75, 3.05) is 119 Å². The number of Topliss-reactive ketones (excluding diaryl/α,β-unsaturated/α-hetero) is 2. The van der Waals surface area contributed by atoms with E-state index >= 15 is 0 Å². The maximum atomic E-state index is 13.4. The number of carbonyl (C=O) groups excluding carboxylic acids is 5. The molecule has 0 aromatic carbocycles. The van der Waals surface area contributed by atoms with Gasteiger partial charge in [0, 0.05) is 69.7 Å². The molecule has 0 saturated heterocycles. The highest BCUT2D eigenvalue weighted by Crippen LogP contribution is 2.32. The van der Waals surface area contributed by atoms with E-state index in [2.05, 4.69) is 30.1 Å². The first-order valence-electron chi connectivity index (χ1n) is 21.6. The summed E-state index contributed by atoms with van der Waals surface area (Å²) >= 11 is 0. The van der Waals surface area contributed by atoms with E-state index < -0.39 is 86.1 Å². The minimum atomic E-state index is -5.53. The van der Waals surface area contributed by atoms with Crippen LogP contribution in [0.5, 0.6) is 0 Å². The SMILES string of the molecule is CCC(F)(F)OC(COC(C(=O)CCCNC(=O)CCOCCOCCN(CCOCCOCCC(=O)NCCCC(=O)CC(F)(F)F)C(=O)CCOCCOCCN=[N+]=[N-])C(F)(F)F)C(F)(F)F. The lowest BCUT2D eigenvalue weighted by Crippen LogP contribution is -2.46. The Balaban J connectivity index is 4.59.